The van der Waals surface area contributed by atoms with Crippen molar-refractivity contribution in [3.05, 3.63) is 77.6 Å². The standard InChI is InChI=1S/C26H25ClFN3O4S/c1-16-13-23(31(15-16)26(33)29-19-10-8-18(27)9-11-19)25(32)30-22-12-7-17(14-21(22)28)20-5-3-4-6-24(20)36(2,34)35/h3-12,14,16,23H,13,15H2,1-2H3,(H,29,33)(H,30,32). The summed E-state index contributed by atoms with van der Waals surface area (Å²) in [6.07, 6.45) is 1.52. The minimum Gasteiger partial charge on any atom is -0.322 e. The van der Waals surface area contributed by atoms with Crippen LogP contribution in [0.5, 0.6) is 0 Å². The second kappa shape index (κ2) is 10.3. The van der Waals surface area contributed by atoms with Crippen molar-refractivity contribution in [3.63, 3.8) is 0 Å². The molecule has 36 heavy (non-hydrogen) atoms. The third kappa shape index (κ3) is 5.68. The second-order valence-electron chi connectivity index (χ2n) is 8.90. The van der Waals surface area contributed by atoms with Crippen molar-refractivity contribution in [1.29, 1.82) is 0 Å². The Labute approximate surface area is 214 Å². The molecule has 4 rings (SSSR count). The van der Waals surface area contributed by atoms with Gasteiger partial charge in [0.25, 0.3) is 0 Å². The maximum atomic E-state index is 15.0. The van der Waals surface area contributed by atoms with E-state index in [1.54, 1.807) is 48.5 Å². The molecule has 0 spiro atoms. The van der Waals surface area contributed by atoms with Gasteiger partial charge in [0.1, 0.15) is 11.9 Å². The summed E-state index contributed by atoms with van der Waals surface area (Å²) >= 11 is 5.89. The van der Waals surface area contributed by atoms with Crippen molar-refractivity contribution in [1.82, 2.24) is 4.90 Å². The Bertz CT molecular complexity index is 1410. The number of hydrogen-bond acceptors (Lipinski definition) is 4. The number of urea groups is 1. The lowest BCUT2D eigenvalue weighted by molar-refractivity contribution is -0.119. The van der Waals surface area contributed by atoms with Gasteiger partial charge in [0.15, 0.2) is 9.84 Å². The Kier molecular flexibility index (Phi) is 7.33. The molecule has 1 fully saturated rings. The Morgan fingerprint density at radius 2 is 1.72 bits per heavy atom. The molecule has 1 saturated heterocycles. The number of halogens is 2. The Hall–Kier alpha value is -3.43. The third-order valence-electron chi connectivity index (χ3n) is 5.99. The van der Waals surface area contributed by atoms with E-state index in [0.717, 1.165) is 6.26 Å². The molecule has 3 amide bonds. The Morgan fingerprint density at radius 1 is 1.03 bits per heavy atom. The maximum absolute atomic E-state index is 15.0. The van der Waals surface area contributed by atoms with Crippen molar-refractivity contribution in [2.24, 2.45) is 5.92 Å². The van der Waals surface area contributed by atoms with Crippen LogP contribution in [-0.4, -0.2) is 44.1 Å². The topological polar surface area (TPSA) is 95.6 Å². The fourth-order valence-corrected chi connectivity index (χ4v) is 5.31. The van der Waals surface area contributed by atoms with Gasteiger partial charge in [0.05, 0.1) is 10.6 Å². The smallest absolute Gasteiger partial charge is 0.322 e. The molecule has 0 aromatic heterocycles. The highest BCUT2D eigenvalue weighted by molar-refractivity contribution is 7.90. The van der Waals surface area contributed by atoms with E-state index >= 15 is 0 Å². The summed E-state index contributed by atoms with van der Waals surface area (Å²) in [5.74, 6) is -1.14. The molecule has 1 aliphatic heterocycles. The molecule has 0 radical (unpaired) electrons. The summed E-state index contributed by atoms with van der Waals surface area (Å²) in [6.45, 7) is 2.31. The van der Waals surface area contributed by atoms with Crippen molar-refractivity contribution >= 4 is 44.8 Å². The second-order valence-corrected chi connectivity index (χ2v) is 11.3. The van der Waals surface area contributed by atoms with Crippen LogP contribution in [0, 0.1) is 11.7 Å². The quantitative estimate of drug-likeness (QED) is 0.460. The predicted octanol–water partition coefficient (Wildman–Crippen LogP) is 5.43. The van der Waals surface area contributed by atoms with Crippen LogP contribution < -0.4 is 10.6 Å². The minimum absolute atomic E-state index is 0.0572. The number of sulfone groups is 1. The molecule has 3 aromatic carbocycles. The zero-order valence-electron chi connectivity index (χ0n) is 19.7. The van der Waals surface area contributed by atoms with Crippen LogP contribution in [0.25, 0.3) is 11.1 Å². The van der Waals surface area contributed by atoms with E-state index in [1.165, 1.54) is 23.1 Å². The number of rotatable bonds is 5. The maximum Gasteiger partial charge on any atom is 0.322 e. The fraction of sp³-hybridized carbons (Fsp3) is 0.231. The van der Waals surface area contributed by atoms with E-state index in [4.69, 9.17) is 11.6 Å². The minimum atomic E-state index is -3.52. The largest absolute Gasteiger partial charge is 0.322 e. The molecule has 0 bridgehead atoms. The summed E-state index contributed by atoms with van der Waals surface area (Å²) in [6, 6.07) is 15.8. The first-order valence-electron chi connectivity index (χ1n) is 11.3. The van der Waals surface area contributed by atoms with Crippen LogP contribution >= 0.6 is 11.6 Å². The van der Waals surface area contributed by atoms with Crippen LogP contribution in [0.3, 0.4) is 0 Å². The van der Waals surface area contributed by atoms with Gasteiger partial charge in [0.2, 0.25) is 5.91 Å². The van der Waals surface area contributed by atoms with E-state index in [2.05, 4.69) is 10.6 Å². The summed E-state index contributed by atoms with van der Waals surface area (Å²) < 4.78 is 39.2. The number of amides is 3. The van der Waals surface area contributed by atoms with Crippen molar-refractivity contribution in [2.45, 2.75) is 24.3 Å². The van der Waals surface area contributed by atoms with Crippen molar-refractivity contribution in [3.8, 4) is 11.1 Å². The normalized spacial score (nSPS) is 17.6. The van der Waals surface area contributed by atoms with E-state index in [9.17, 15) is 22.4 Å². The number of nitrogens with one attached hydrogen (secondary N) is 2. The zero-order chi connectivity index (χ0) is 26.0. The molecule has 0 aliphatic carbocycles. The van der Waals surface area contributed by atoms with Gasteiger partial charge in [-0.3, -0.25) is 4.79 Å². The number of anilines is 2. The number of carbonyl (C=O) groups excluding carboxylic acids is 2. The monoisotopic (exact) mass is 529 g/mol. The molecular formula is C26H25ClFN3O4S. The molecule has 2 atom stereocenters. The van der Waals surface area contributed by atoms with Crippen LogP contribution in [0.1, 0.15) is 13.3 Å². The zero-order valence-corrected chi connectivity index (χ0v) is 21.2. The van der Waals surface area contributed by atoms with Gasteiger partial charge < -0.3 is 15.5 Å². The first-order valence-corrected chi connectivity index (χ1v) is 13.5. The van der Waals surface area contributed by atoms with E-state index in [0.29, 0.717) is 34.8 Å². The highest BCUT2D eigenvalue weighted by Crippen LogP contribution is 2.31. The van der Waals surface area contributed by atoms with Gasteiger partial charge in [0, 0.05) is 29.1 Å². The average Bonchev–Trinajstić information content (AvgIpc) is 3.23. The van der Waals surface area contributed by atoms with Gasteiger partial charge >= 0.3 is 6.03 Å². The van der Waals surface area contributed by atoms with Gasteiger partial charge in [-0.05, 0) is 60.4 Å². The van der Waals surface area contributed by atoms with Gasteiger partial charge in [-0.1, -0.05) is 42.8 Å². The van der Waals surface area contributed by atoms with E-state index in [1.807, 2.05) is 6.92 Å². The summed E-state index contributed by atoms with van der Waals surface area (Å²) in [5, 5.41) is 5.88. The fourth-order valence-electron chi connectivity index (χ4n) is 4.28. The number of likely N-dealkylation sites (tertiary alicyclic amines) is 1. The van der Waals surface area contributed by atoms with Crippen molar-refractivity contribution in [2.75, 3.05) is 23.4 Å². The Balaban J connectivity index is 1.51. The number of nitrogens with zero attached hydrogens (tertiary/aromatic N) is 1. The molecule has 3 aromatic rings. The predicted molar refractivity (Wildman–Crippen MR) is 138 cm³/mol. The lowest BCUT2D eigenvalue weighted by Crippen LogP contribution is -2.45. The lowest BCUT2D eigenvalue weighted by Gasteiger charge is -2.24. The number of benzene rings is 3. The van der Waals surface area contributed by atoms with Crippen LogP contribution in [0.4, 0.5) is 20.6 Å². The summed E-state index contributed by atoms with van der Waals surface area (Å²) in [7, 11) is -3.52. The number of hydrogen-bond donors (Lipinski definition) is 2. The van der Waals surface area contributed by atoms with E-state index in [-0.39, 0.29) is 16.5 Å². The SMILES string of the molecule is CC1CC(C(=O)Nc2ccc(-c3ccccc3S(C)(=O)=O)cc2F)N(C(=O)Nc2ccc(Cl)cc2)C1. The summed E-state index contributed by atoms with van der Waals surface area (Å²) in [4.78, 5) is 27.5. The molecule has 1 aliphatic rings. The van der Waals surface area contributed by atoms with Crippen LogP contribution in [0.2, 0.25) is 5.02 Å². The lowest BCUT2D eigenvalue weighted by atomic mass is 10.0. The highest BCUT2D eigenvalue weighted by atomic mass is 35.5. The molecule has 10 heteroatoms. The number of carbonyl (C=O) groups is 2. The van der Waals surface area contributed by atoms with Gasteiger partial charge in [-0.2, -0.15) is 0 Å². The van der Waals surface area contributed by atoms with Crippen molar-refractivity contribution < 1.29 is 22.4 Å². The van der Waals surface area contributed by atoms with Crippen LogP contribution in [0.15, 0.2) is 71.6 Å². The van der Waals surface area contributed by atoms with Gasteiger partial charge in [-0.25, -0.2) is 17.6 Å². The average molecular weight is 530 g/mol. The summed E-state index contributed by atoms with van der Waals surface area (Å²) in [5.41, 5.74) is 1.22. The molecule has 188 valence electrons. The Morgan fingerprint density at radius 3 is 2.39 bits per heavy atom. The van der Waals surface area contributed by atoms with Gasteiger partial charge in [-0.15, -0.1) is 0 Å². The first-order chi connectivity index (χ1) is 17.0. The highest BCUT2D eigenvalue weighted by Gasteiger charge is 2.38. The molecular weight excluding hydrogens is 505 g/mol. The molecule has 2 N–H and O–H groups in total. The van der Waals surface area contributed by atoms with Crippen LogP contribution in [-0.2, 0) is 14.6 Å². The third-order valence-corrected chi connectivity index (χ3v) is 7.40. The molecule has 1 heterocycles. The molecule has 7 nitrogen and oxygen atoms in total. The van der Waals surface area contributed by atoms with E-state index < -0.39 is 33.6 Å². The first kappa shape index (κ1) is 25.7. The molecule has 2 unspecified atom stereocenters. The molecule has 0 saturated carbocycles.